The summed E-state index contributed by atoms with van der Waals surface area (Å²) in [6.45, 7) is 1.81. The van der Waals surface area contributed by atoms with Gasteiger partial charge in [-0.05, 0) is 12.8 Å². The first kappa shape index (κ1) is 17.2. The Labute approximate surface area is 118 Å². The summed E-state index contributed by atoms with van der Waals surface area (Å²) in [5.41, 5.74) is -6.44. The number of halogens is 3. The number of benzene rings is 1. The Balaban J connectivity index is 3.34. The summed E-state index contributed by atoms with van der Waals surface area (Å²) >= 11 is 0. The first-order valence-corrected chi connectivity index (χ1v) is 7.28. The topological polar surface area (TPSA) is 86.5 Å². The summed E-state index contributed by atoms with van der Waals surface area (Å²) in [4.78, 5) is 9.84. The Morgan fingerprint density at radius 2 is 1.95 bits per heavy atom. The number of hydrogen-bond acceptors (Lipinski definition) is 5. The number of para-hydroxylation sites is 1. The van der Waals surface area contributed by atoms with Gasteiger partial charge in [0.1, 0.15) is 0 Å². The van der Waals surface area contributed by atoms with Gasteiger partial charge < -0.3 is 4.18 Å². The van der Waals surface area contributed by atoms with E-state index in [2.05, 4.69) is 4.18 Å². The van der Waals surface area contributed by atoms with Crippen LogP contribution in [0.15, 0.2) is 18.2 Å². The summed E-state index contributed by atoms with van der Waals surface area (Å²) in [5.74, 6) is -0.881. The summed E-state index contributed by atoms with van der Waals surface area (Å²) in [6, 6.07) is 3.44. The number of aryl methyl sites for hydroxylation is 1. The molecule has 0 aliphatic carbocycles. The lowest BCUT2D eigenvalue weighted by Gasteiger charge is -2.12. The van der Waals surface area contributed by atoms with Crippen molar-refractivity contribution in [2.24, 2.45) is 0 Å². The molecule has 1 rings (SSSR count). The minimum atomic E-state index is -5.96. The number of rotatable bonds is 6. The van der Waals surface area contributed by atoms with Crippen LogP contribution in [0.2, 0.25) is 0 Å². The minimum Gasteiger partial charge on any atom is -0.368 e. The Morgan fingerprint density at radius 1 is 1.33 bits per heavy atom. The number of nitro benzene ring substituents is 1. The monoisotopic (exact) mass is 327 g/mol. The molecule has 0 aromatic heterocycles. The third kappa shape index (κ3) is 4.06. The summed E-state index contributed by atoms with van der Waals surface area (Å²) in [6.07, 6.45) is 1.36. The molecule has 0 fully saturated rings. The molecular weight excluding hydrogens is 315 g/mol. The Morgan fingerprint density at radius 3 is 2.43 bits per heavy atom. The largest absolute Gasteiger partial charge is 0.534 e. The zero-order valence-corrected chi connectivity index (χ0v) is 11.7. The maximum Gasteiger partial charge on any atom is 0.534 e. The van der Waals surface area contributed by atoms with Crippen LogP contribution >= 0.6 is 0 Å². The fourth-order valence-electron chi connectivity index (χ4n) is 1.53. The molecule has 0 spiro atoms. The van der Waals surface area contributed by atoms with Crippen LogP contribution in [0.25, 0.3) is 0 Å². The second-order valence-electron chi connectivity index (χ2n) is 4.11. The van der Waals surface area contributed by atoms with E-state index >= 15 is 0 Å². The number of nitro groups is 1. The van der Waals surface area contributed by atoms with Crippen molar-refractivity contribution in [3.8, 4) is 5.75 Å². The molecule has 0 aliphatic rings. The van der Waals surface area contributed by atoms with Crippen LogP contribution in [-0.2, 0) is 16.5 Å². The van der Waals surface area contributed by atoms with E-state index in [-0.39, 0.29) is 12.0 Å². The molecule has 0 amide bonds. The molecule has 0 bridgehead atoms. The van der Waals surface area contributed by atoms with Crippen LogP contribution in [0.3, 0.4) is 0 Å². The van der Waals surface area contributed by atoms with Gasteiger partial charge in [0.05, 0.1) is 4.92 Å². The molecule has 0 radical (unpaired) electrons. The number of unbranched alkanes of at least 4 members (excludes halogenated alkanes) is 1. The zero-order valence-electron chi connectivity index (χ0n) is 10.9. The van der Waals surface area contributed by atoms with Crippen LogP contribution in [0.5, 0.6) is 5.75 Å². The molecule has 1 aromatic carbocycles. The van der Waals surface area contributed by atoms with E-state index in [9.17, 15) is 31.7 Å². The lowest BCUT2D eigenvalue weighted by molar-refractivity contribution is -0.385. The quantitative estimate of drug-likeness (QED) is 0.347. The highest BCUT2D eigenvalue weighted by atomic mass is 32.2. The van der Waals surface area contributed by atoms with Gasteiger partial charge in [-0.25, -0.2) is 0 Å². The second-order valence-corrected chi connectivity index (χ2v) is 5.65. The van der Waals surface area contributed by atoms with E-state index in [0.29, 0.717) is 12.8 Å². The standard InChI is InChI=1S/C11H12F3NO5S/c1-2-3-5-8-6-4-7-9(15(16)17)10(8)20-21(18,19)11(12,13)14/h4,6-7H,2-3,5H2,1H3. The van der Waals surface area contributed by atoms with Crippen molar-refractivity contribution in [1.29, 1.82) is 0 Å². The predicted octanol–water partition coefficient (Wildman–Crippen LogP) is 3.17. The van der Waals surface area contributed by atoms with Gasteiger partial charge in [-0.1, -0.05) is 25.5 Å². The van der Waals surface area contributed by atoms with E-state index < -0.39 is 32.0 Å². The maximum absolute atomic E-state index is 12.4. The van der Waals surface area contributed by atoms with Crippen LogP contribution in [0, 0.1) is 10.1 Å². The van der Waals surface area contributed by atoms with Gasteiger partial charge in [0.25, 0.3) is 0 Å². The molecule has 118 valence electrons. The number of nitrogens with zero attached hydrogens (tertiary/aromatic N) is 1. The van der Waals surface area contributed by atoms with Crippen molar-refractivity contribution >= 4 is 15.8 Å². The molecule has 6 nitrogen and oxygen atoms in total. The normalized spacial score (nSPS) is 12.2. The van der Waals surface area contributed by atoms with Gasteiger partial charge in [0.2, 0.25) is 5.75 Å². The Bertz CT molecular complexity index is 627. The highest BCUT2D eigenvalue weighted by Gasteiger charge is 2.49. The van der Waals surface area contributed by atoms with Crippen molar-refractivity contribution < 1.29 is 30.7 Å². The molecule has 10 heteroatoms. The molecule has 0 unspecified atom stereocenters. The fraction of sp³-hybridized carbons (Fsp3) is 0.455. The van der Waals surface area contributed by atoms with Crippen molar-refractivity contribution in [2.75, 3.05) is 0 Å². The van der Waals surface area contributed by atoms with E-state index in [1.807, 2.05) is 6.92 Å². The van der Waals surface area contributed by atoms with Crippen LogP contribution in [0.1, 0.15) is 25.3 Å². The first-order valence-electron chi connectivity index (χ1n) is 5.87. The molecular formula is C11H12F3NO5S. The molecule has 0 saturated carbocycles. The molecule has 0 heterocycles. The summed E-state index contributed by atoms with van der Waals surface area (Å²) in [5, 5.41) is 10.8. The zero-order chi connectivity index (χ0) is 16.3. The van der Waals surface area contributed by atoms with Gasteiger partial charge in [-0.3, -0.25) is 10.1 Å². The maximum atomic E-state index is 12.4. The Kier molecular flexibility index (Phi) is 5.15. The van der Waals surface area contributed by atoms with Crippen LogP contribution in [0.4, 0.5) is 18.9 Å². The number of alkyl halides is 3. The van der Waals surface area contributed by atoms with Gasteiger partial charge in [0.15, 0.2) is 0 Å². The molecule has 1 aromatic rings. The van der Waals surface area contributed by atoms with Gasteiger partial charge >= 0.3 is 21.3 Å². The molecule has 21 heavy (non-hydrogen) atoms. The van der Waals surface area contributed by atoms with Crippen LogP contribution in [-0.4, -0.2) is 18.8 Å². The number of hydrogen-bond donors (Lipinski definition) is 0. The SMILES string of the molecule is CCCCc1cccc([N+](=O)[O-])c1OS(=O)(=O)C(F)(F)F. The first-order chi connectivity index (χ1) is 9.60. The minimum absolute atomic E-state index is 0.0406. The lowest BCUT2D eigenvalue weighted by Crippen LogP contribution is -2.28. The average molecular weight is 327 g/mol. The van der Waals surface area contributed by atoms with E-state index in [4.69, 9.17) is 0 Å². The third-order valence-electron chi connectivity index (χ3n) is 2.55. The predicted molar refractivity (Wildman–Crippen MR) is 67.3 cm³/mol. The third-order valence-corrected chi connectivity index (χ3v) is 3.50. The van der Waals surface area contributed by atoms with Crippen molar-refractivity contribution in [2.45, 2.75) is 31.7 Å². The van der Waals surface area contributed by atoms with E-state index in [1.54, 1.807) is 0 Å². The molecule has 0 atom stereocenters. The average Bonchev–Trinajstić information content (AvgIpc) is 2.35. The summed E-state index contributed by atoms with van der Waals surface area (Å²) < 4.78 is 63.2. The molecule has 0 N–H and O–H groups in total. The molecule has 0 aliphatic heterocycles. The second kappa shape index (κ2) is 6.29. The molecule has 0 saturated heterocycles. The van der Waals surface area contributed by atoms with E-state index in [0.717, 1.165) is 6.07 Å². The van der Waals surface area contributed by atoms with Gasteiger partial charge in [0, 0.05) is 11.6 Å². The fourth-order valence-corrected chi connectivity index (χ4v) is 2.04. The van der Waals surface area contributed by atoms with Crippen molar-refractivity contribution in [3.63, 3.8) is 0 Å². The lowest BCUT2D eigenvalue weighted by atomic mass is 10.1. The van der Waals surface area contributed by atoms with Crippen molar-refractivity contribution in [3.05, 3.63) is 33.9 Å². The van der Waals surface area contributed by atoms with Crippen molar-refractivity contribution in [1.82, 2.24) is 0 Å². The summed E-state index contributed by atoms with van der Waals surface area (Å²) in [7, 11) is -5.96. The Hall–Kier alpha value is -1.84. The highest BCUT2D eigenvalue weighted by molar-refractivity contribution is 7.88. The highest BCUT2D eigenvalue weighted by Crippen LogP contribution is 2.36. The van der Waals surface area contributed by atoms with Gasteiger partial charge in [-0.2, -0.15) is 21.6 Å². The van der Waals surface area contributed by atoms with E-state index in [1.165, 1.54) is 12.1 Å². The smallest absolute Gasteiger partial charge is 0.368 e. The van der Waals surface area contributed by atoms with Crippen LogP contribution < -0.4 is 4.18 Å². The van der Waals surface area contributed by atoms with Gasteiger partial charge in [-0.15, -0.1) is 0 Å².